The SMILES string of the molecule is O=C(O)[C@@H](CO)C1CCCCC1. The lowest BCUT2D eigenvalue weighted by molar-refractivity contribution is -0.145. The number of carbonyl (C=O) groups is 1. The fourth-order valence-corrected chi connectivity index (χ4v) is 1.97. The van der Waals surface area contributed by atoms with Gasteiger partial charge in [-0.15, -0.1) is 0 Å². The lowest BCUT2D eigenvalue weighted by atomic mass is 9.80. The van der Waals surface area contributed by atoms with E-state index in [-0.39, 0.29) is 12.5 Å². The molecule has 1 atom stereocenters. The van der Waals surface area contributed by atoms with Gasteiger partial charge in [0.2, 0.25) is 0 Å². The first-order valence-corrected chi connectivity index (χ1v) is 4.59. The second-order valence-electron chi connectivity index (χ2n) is 3.53. The van der Waals surface area contributed by atoms with Crippen molar-refractivity contribution in [1.82, 2.24) is 0 Å². The molecular formula is C9H16O3. The predicted octanol–water partition coefficient (Wildman–Crippen LogP) is 1.26. The summed E-state index contributed by atoms with van der Waals surface area (Å²) in [6.07, 6.45) is 5.40. The van der Waals surface area contributed by atoms with Gasteiger partial charge in [-0.3, -0.25) is 4.79 Å². The van der Waals surface area contributed by atoms with Crippen LogP contribution >= 0.6 is 0 Å². The fourth-order valence-electron chi connectivity index (χ4n) is 1.97. The average Bonchev–Trinajstić information content (AvgIpc) is 2.07. The fraction of sp³-hybridized carbons (Fsp3) is 0.889. The van der Waals surface area contributed by atoms with E-state index in [1.54, 1.807) is 0 Å². The lowest BCUT2D eigenvalue weighted by Crippen LogP contribution is -2.28. The summed E-state index contributed by atoms with van der Waals surface area (Å²) in [4.78, 5) is 10.7. The number of aliphatic hydroxyl groups is 1. The van der Waals surface area contributed by atoms with Crippen LogP contribution in [0.1, 0.15) is 32.1 Å². The van der Waals surface area contributed by atoms with Crippen LogP contribution in [0.15, 0.2) is 0 Å². The highest BCUT2D eigenvalue weighted by atomic mass is 16.4. The molecule has 12 heavy (non-hydrogen) atoms. The number of aliphatic carboxylic acids is 1. The molecule has 70 valence electrons. The lowest BCUT2D eigenvalue weighted by Gasteiger charge is -2.25. The smallest absolute Gasteiger partial charge is 0.309 e. The highest BCUT2D eigenvalue weighted by Crippen LogP contribution is 2.29. The van der Waals surface area contributed by atoms with E-state index in [9.17, 15) is 4.79 Å². The van der Waals surface area contributed by atoms with Crippen LogP contribution in [0.2, 0.25) is 0 Å². The molecule has 0 radical (unpaired) electrons. The van der Waals surface area contributed by atoms with E-state index in [2.05, 4.69) is 0 Å². The number of rotatable bonds is 3. The maximum Gasteiger partial charge on any atom is 0.309 e. The van der Waals surface area contributed by atoms with E-state index in [0.29, 0.717) is 0 Å². The van der Waals surface area contributed by atoms with Gasteiger partial charge >= 0.3 is 5.97 Å². The Morgan fingerprint density at radius 1 is 1.33 bits per heavy atom. The summed E-state index contributed by atoms with van der Waals surface area (Å²) in [5, 5.41) is 17.6. The Bertz CT molecular complexity index is 150. The molecule has 0 bridgehead atoms. The van der Waals surface area contributed by atoms with Gasteiger partial charge in [0.05, 0.1) is 12.5 Å². The molecule has 0 aromatic carbocycles. The first-order chi connectivity index (χ1) is 5.75. The molecule has 3 nitrogen and oxygen atoms in total. The van der Waals surface area contributed by atoms with Crippen LogP contribution in [0.25, 0.3) is 0 Å². The van der Waals surface area contributed by atoms with Crippen molar-refractivity contribution >= 4 is 5.97 Å². The Labute approximate surface area is 72.4 Å². The third kappa shape index (κ3) is 2.21. The highest BCUT2D eigenvalue weighted by Gasteiger charge is 2.28. The highest BCUT2D eigenvalue weighted by molar-refractivity contribution is 5.70. The zero-order valence-corrected chi connectivity index (χ0v) is 7.20. The molecule has 0 amide bonds. The van der Waals surface area contributed by atoms with Crippen molar-refractivity contribution in [1.29, 1.82) is 0 Å². The molecule has 1 fully saturated rings. The van der Waals surface area contributed by atoms with Crippen molar-refractivity contribution in [3.8, 4) is 0 Å². The third-order valence-electron chi connectivity index (χ3n) is 2.73. The molecule has 0 unspecified atom stereocenters. The van der Waals surface area contributed by atoms with Crippen molar-refractivity contribution in [2.45, 2.75) is 32.1 Å². The molecule has 1 aliphatic rings. The van der Waals surface area contributed by atoms with Gasteiger partial charge < -0.3 is 10.2 Å². The second-order valence-corrected chi connectivity index (χ2v) is 3.53. The van der Waals surface area contributed by atoms with E-state index in [0.717, 1.165) is 25.7 Å². The zero-order valence-electron chi connectivity index (χ0n) is 7.20. The van der Waals surface area contributed by atoms with Crippen molar-refractivity contribution in [3.63, 3.8) is 0 Å². The largest absolute Gasteiger partial charge is 0.481 e. The van der Waals surface area contributed by atoms with E-state index in [4.69, 9.17) is 10.2 Å². The second kappa shape index (κ2) is 4.45. The summed E-state index contributed by atoms with van der Waals surface area (Å²) in [6.45, 7) is -0.208. The summed E-state index contributed by atoms with van der Waals surface area (Å²) in [6, 6.07) is 0. The molecule has 0 spiro atoms. The van der Waals surface area contributed by atoms with Crippen molar-refractivity contribution in [2.24, 2.45) is 11.8 Å². The molecule has 1 saturated carbocycles. The topological polar surface area (TPSA) is 57.5 Å². The third-order valence-corrected chi connectivity index (χ3v) is 2.73. The quantitative estimate of drug-likeness (QED) is 0.673. The average molecular weight is 172 g/mol. The molecule has 1 rings (SSSR count). The molecule has 0 aromatic rings. The first-order valence-electron chi connectivity index (χ1n) is 4.59. The Balaban J connectivity index is 2.46. The standard InChI is InChI=1S/C9H16O3/c10-6-8(9(11)12)7-4-2-1-3-5-7/h7-8,10H,1-6H2,(H,11,12)/t8-/m0/s1. The van der Waals surface area contributed by atoms with Crippen molar-refractivity contribution < 1.29 is 15.0 Å². The maximum absolute atomic E-state index is 10.7. The number of carboxylic acid groups (broad SMARTS) is 1. The first kappa shape index (κ1) is 9.52. The van der Waals surface area contributed by atoms with E-state index in [1.807, 2.05) is 0 Å². The monoisotopic (exact) mass is 172 g/mol. The Kier molecular flexibility index (Phi) is 3.53. The number of hydrogen-bond donors (Lipinski definition) is 2. The van der Waals surface area contributed by atoms with Crippen molar-refractivity contribution in [3.05, 3.63) is 0 Å². The molecule has 2 N–H and O–H groups in total. The summed E-state index contributed by atoms with van der Waals surface area (Å²) in [5.41, 5.74) is 0. The van der Waals surface area contributed by atoms with Crippen molar-refractivity contribution in [2.75, 3.05) is 6.61 Å². The molecule has 1 aliphatic carbocycles. The van der Waals surface area contributed by atoms with Gasteiger partial charge in [-0.2, -0.15) is 0 Å². The normalized spacial score (nSPS) is 22.1. The molecular weight excluding hydrogens is 156 g/mol. The summed E-state index contributed by atoms with van der Waals surface area (Å²) in [5.74, 6) is -1.16. The van der Waals surface area contributed by atoms with E-state index < -0.39 is 11.9 Å². The number of aliphatic hydroxyl groups excluding tert-OH is 1. The number of carboxylic acids is 1. The van der Waals surface area contributed by atoms with Gasteiger partial charge in [0, 0.05) is 0 Å². The summed E-state index contributed by atoms with van der Waals surface area (Å²) in [7, 11) is 0. The molecule has 0 saturated heterocycles. The Hall–Kier alpha value is -0.570. The van der Waals surface area contributed by atoms with Gasteiger partial charge in [0.25, 0.3) is 0 Å². The summed E-state index contributed by atoms with van der Waals surface area (Å²) < 4.78 is 0. The number of hydrogen-bond acceptors (Lipinski definition) is 2. The van der Waals surface area contributed by atoms with Crippen LogP contribution in [0, 0.1) is 11.8 Å². The van der Waals surface area contributed by atoms with Crippen LogP contribution in [0.3, 0.4) is 0 Å². The van der Waals surface area contributed by atoms with E-state index >= 15 is 0 Å². The van der Waals surface area contributed by atoms with Gasteiger partial charge in [-0.1, -0.05) is 19.3 Å². The Morgan fingerprint density at radius 2 is 1.92 bits per heavy atom. The predicted molar refractivity (Wildman–Crippen MR) is 44.8 cm³/mol. The minimum absolute atomic E-state index is 0.208. The molecule has 3 heteroatoms. The van der Waals surface area contributed by atoms with Crippen LogP contribution in [-0.4, -0.2) is 22.8 Å². The Morgan fingerprint density at radius 3 is 2.33 bits per heavy atom. The molecule has 0 heterocycles. The van der Waals surface area contributed by atoms with Gasteiger partial charge in [0.1, 0.15) is 0 Å². The maximum atomic E-state index is 10.7. The van der Waals surface area contributed by atoms with Gasteiger partial charge in [0.15, 0.2) is 0 Å². The minimum atomic E-state index is -0.843. The van der Waals surface area contributed by atoms with Crippen LogP contribution < -0.4 is 0 Å². The van der Waals surface area contributed by atoms with E-state index in [1.165, 1.54) is 6.42 Å². The van der Waals surface area contributed by atoms with Gasteiger partial charge in [-0.05, 0) is 18.8 Å². The molecule has 0 aromatic heterocycles. The van der Waals surface area contributed by atoms with Crippen LogP contribution in [0.5, 0.6) is 0 Å². The van der Waals surface area contributed by atoms with Crippen LogP contribution in [0.4, 0.5) is 0 Å². The molecule has 0 aliphatic heterocycles. The van der Waals surface area contributed by atoms with Gasteiger partial charge in [-0.25, -0.2) is 0 Å². The zero-order chi connectivity index (χ0) is 8.97. The minimum Gasteiger partial charge on any atom is -0.481 e. The summed E-state index contributed by atoms with van der Waals surface area (Å²) >= 11 is 0. The van der Waals surface area contributed by atoms with Crippen LogP contribution in [-0.2, 0) is 4.79 Å².